The van der Waals surface area contributed by atoms with E-state index in [2.05, 4.69) is 26.0 Å². The summed E-state index contributed by atoms with van der Waals surface area (Å²) in [7, 11) is 1.29. The summed E-state index contributed by atoms with van der Waals surface area (Å²) < 4.78 is 5.17. The molecule has 0 amide bonds. The summed E-state index contributed by atoms with van der Waals surface area (Å²) in [5, 5.41) is 11.6. The lowest BCUT2D eigenvalue weighted by molar-refractivity contribution is -0.136. The third-order valence-corrected chi connectivity index (χ3v) is 3.01. The van der Waals surface area contributed by atoms with Crippen molar-refractivity contribution in [3.8, 4) is 0 Å². The maximum atomic E-state index is 11.4. The standard InChI is InChI=1S/C10H9BrN2O4/c1-17-10(16)5-2-8-12-7(9(14)15)4-13(8)3-6(5)11/h2-4,8,12H,1H3,(H,14,15). The van der Waals surface area contributed by atoms with Crippen LogP contribution in [0.15, 0.2) is 34.2 Å². The molecule has 1 unspecified atom stereocenters. The highest BCUT2D eigenvalue weighted by Crippen LogP contribution is 2.28. The van der Waals surface area contributed by atoms with Gasteiger partial charge in [-0.2, -0.15) is 0 Å². The highest BCUT2D eigenvalue weighted by atomic mass is 79.9. The Labute approximate surface area is 105 Å². The van der Waals surface area contributed by atoms with Crippen molar-refractivity contribution in [2.45, 2.75) is 6.17 Å². The average molecular weight is 301 g/mol. The zero-order valence-corrected chi connectivity index (χ0v) is 10.4. The van der Waals surface area contributed by atoms with Gasteiger partial charge in [0.15, 0.2) is 0 Å². The summed E-state index contributed by atoms with van der Waals surface area (Å²) in [5.74, 6) is -1.52. The molecule has 0 spiro atoms. The quantitative estimate of drug-likeness (QED) is 0.723. The van der Waals surface area contributed by atoms with Crippen LogP contribution >= 0.6 is 15.9 Å². The normalized spacial score (nSPS) is 21.9. The number of methoxy groups -OCH3 is 1. The van der Waals surface area contributed by atoms with Crippen LogP contribution in [0, 0.1) is 0 Å². The van der Waals surface area contributed by atoms with Gasteiger partial charge in [0.25, 0.3) is 0 Å². The Kier molecular flexibility index (Phi) is 2.93. The first-order valence-electron chi connectivity index (χ1n) is 4.70. The lowest BCUT2D eigenvalue weighted by atomic mass is 10.1. The van der Waals surface area contributed by atoms with Crippen LogP contribution in [0.2, 0.25) is 0 Å². The SMILES string of the molecule is COC(=O)C1=CC2NC(C(=O)O)=CN2C=C1Br. The number of carbonyl (C=O) groups excluding carboxylic acids is 1. The molecular weight excluding hydrogens is 292 g/mol. The van der Waals surface area contributed by atoms with Crippen molar-refractivity contribution in [1.29, 1.82) is 0 Å². The van der Waals surface area contributed by atoms with Crippen LogP contribution in [0.5, 0.6) is 0 Å². The molecule has 0 radical (unpaired) electrons. The smallest absolute Gasteiger partial charge is 0.353 e. The van der Waals surface area contributed by atoms with E-state index >= 15 is 0 Å². The highest BCUT2D eigenvalue weighted by Gasteiger charge is 2.30. The third kappa shape index (κ3) is 2.05. The molecule has 0 aromatic carbocycles. The molecule has 2 N–H and O–H groups in total. The zero-order valence-electron chi connectivity index (χ0n) is 8.81. The molecule has 0 bridgehead atoms. The van der Waals surface area contributed by atoms with Crippen molar-refractivity contribution in [3.05, 3.63) is 34.2 Å². The molecule has 0 aromatic heterocycles. The first kappa shape index (κ1) is 11.7. The molecule has 2 aliphatic heterocycles. The van der Waals surface area contributed by atoms with Crippen molar-refractivity contribution in [3.63, 3.8) is 0 Å². The number of fused-ring (bicyclic) bond motifs is 1. The number of carboxylic acids is 1. The number of nitrogens with one attached hydrogen (secondary N) is 1. The van der Waals surface area contributed by atoms with E-state index in [1.165, 1.54) is 13.3 Å². The molecule has 2 heterocycles. The third-order valence-electron chi connectivity index (χ3n) is 2.38. The minimum Gasteiger partial charge on any atom is -0.477 e. The first-order chi connectivity index (χ1) is 8.02. The number of hydrogen-bond acceptors (Lipinski definition) is 5. The fourth-order valence-electron chi connectivity index (χ4n) is 1.58. The number of nitrogens with zero attached hydrogens (tertiary/aromatic N) is 1. The van der Waals surface area contributed by atoms with E-state index in [9.17, 15) is 9.59 Å². The minimum absolute atomic E-state index is 0.0777. The molecule has 2 aliphatic rings. The number of rotatable bonds is 2. The summed E-state index contributed by atoms with van der Waals surface area (Å²) in [5.41, 5.74) is 0.440. The lowest BCUT2D eigenvalue weighted by Crippen LogP contribution is -2.35. The van der Waals surface area contributed by atoms with E-state index in [0.717, 1.165) is 0 Å². The highest BCUT2D eigenvalue weighted by molar-refractivity contribution is 9.12. The Morgan fingerprint density at radius 1 is 1.53 bits per heavy atom. The fourth-order valence-corrected chi connectivity index (χ4v) is 2.11. The van der Waals surface area contributed by atoms with Crippen LogP contribution < -0.4 is 5.32 Å². The Morgan fingerprint density at radius 2 is 2.24 bits per heavy atom. The molecule has 0 saturated heterocycles. The van der Waals surface area contributed by atoms with Crippen LogP contribution in [0.3, 0.4) is 0 Å². The number of esters is 1. The molecule has 90 valence electrons. The van der Waals surface area contributed by atoms with Gasteiger partial charge in [-0.15, -0.1) is 0 Å². The van der Waals surface area contributed by atoms with Crippen LogP contribution in [0.25, 0.3) is 0 Å². The summed E-state index contributed by atoms with van der Waals surface area (Å²) in [6.45, 7) is 0. The maximum Gasteiger partial charge on any atom is 0.353 e. The van der Waals surface area contributed by atoms with Gasteiger partial charge >= 0.3 is 11.9 Å². The molecule has 7 heteroatoms. The Morgan fingerprint density at radius 3 is 2.82 bits per heavy atom. The van der Waals surface area contributed by atoms with Gasteiger partial charge in [-0.1, -0.05) is 0 Å². The topological polar surface area (TPSA) is 78.9 Å². The van der Waals surface area contributed by atoms with Crippen molar-refractivity contribution in [2.75, 3.05) is 7.11 Å². The fraction of sp³-hybridized carbons (Fsp3) is 0.200. The number of hydrogen-bond donors (Lipinski definition) is 2. The molecule has 2 rings (SSSR count). The van der Waals surface area contributed by atoms with E-state index in [-0.39, 0.29) is 11.9 Å². The monoisotopic (exact) mass is 300 g/mol. The minimum atomic E-state index is -1.04. The van der Waals surface area contributed by atoms with E-state index in [1.54, 1.807) is 17.2 Å². The number of ether oxygens (including phenoxy) is 1. The van der Waals surface area contributed by atoms with Gasteiger partial charge in [0.05, 0.1) is 12.7 Å². The molecular formula is C10H9BrN2O4. The van der Waals surface area contributed by atoms with E-state index in [0.29, 0.717) is 10.1 Å². The van der Waals surface area contributed by atoms with E-state index < -0.39 is 11.9 Å². The van der Waals surface area contributed by atoms with Gasteiger partial charge in [-0.25, -0.2) is 9.59 Å². The summed E-state index contributed by atoms with van der Waals surface area (Å²) in [6.07, 6.45) is 4.30. The van der Waals surface area contributed by atoms with Crippen LogP contribution in [0.1, 0.15) is 0 Å². The van der Waals surface area contributed by atoms with Gasteiger partial charge in [-0.3, -0.25) is 0 Å². The Bertz CT molecular complexity index is 481. The number of carbonyl (C=O) groups is 2. The van der Waals surface area contributed by atoms with Gasteiger partial charge in [-0.05, 0) is 22.0 Å². The average Bonchev–Trinajstić information content (AvgIpc) is 2.69. The molecule has 0 aliphatic carbocycles. The second-order valence-electron chi connectivity index (χ2n) is 3.43. The van der Waals surface area contributed by atoms with Crippen molar-refractivity contribution in [2.24, 2.45) is 0 Å². The molecule has 6 nitrogen and oxygen atoms in total. The maximum absolute atomic E-state index is 11.4. The summed E-state index contributed by atoms with van der Waals surface area (Å²) in [4.78, 5) is 23.9. The number of halogens is 1. The Hall–Kier alpha value is -1.76. The van der Waals surface area contributed by atoms with Crippen LogP contribution in [-0.2, 0) is 14.3 Å². The summed E-state index contributed by atoms with van der Waals surface area (Å²) >= 11 is 3.24. The molecule has 0 fully saturated rings. The van der Waals surface area contributed by atoms with Gasteiger partial charge in [0, 0.05) is 16.9 Å². The Balaban J connectivity index is 2.27. The predicted molar refractivity (Wildman–Crippen MR) is 61.6 cm³/mol. The predicted octanol–water partition coefficient (Wildman–Crippen LogP) is 0.493. The molecule has 17 heavy (non-hydrogen) atoms. The van der Waals surface area contributed by atoms with Gasteiger partial charge < -0.3 is 20.1 Å². The van der Waals surface area contributed by atoms with E-state index in [1.807, 2.05) is 0 Å². The van der Waals surface area contributed by atoms with Crippen molar-refractivity contribution < 1.29 is 19.4 Å². The summed E-state index contributed by atoms with van der Waals surface area (Å²) in [6, 6.07) is 0. The van der Waals surface area contributed by atoms with Gasteiger partial charge in [0.2, 0.25) is 0 Å². The number of aliphatic carboxylic acids is 1. The van der Waals surface area contributed by atoms with Crippen molar-refractivity contribution in [1.82, 2.24) is 10.2 Å². The lowest BCUT2D eigenvalue weighted by Gasteiger charge is -2.24. The zero-order chi connectivity index (χ0) is 12.6. The number of carboxylic acid groups (broad SMARTS) is 1. The second kappa shape index (κ2) is 4.25. The molecule has 0 saturated carbocycles. The van der Waals surface area contributed by atoms with Crippen molar-refractivity contribution >= 4 is 27.9 Å². The molecule has 1 atom stereocenters. The van der Waals surface area contributed by atoms with Crippen LogP contribution in [0.4, 0.5) is 0 Å². The largest absolute Gasteiger partial charge is 0.477 e. The molecule has 0 aromatic rings. The van der Waals surface area contributed by atoms with Gasteiger partial charge in [0.1, 0.15) is 11.9 Å². The first-order valence-corrected chi connectivity index (χ1v) is 5.49. The van der Waals surface area contributed by atoms with Crippen LogP contribution in [-0.4, -0.2) is 35.2 Å². The van der Waals surface area contributed by atoms with E-state index in [4.69, 9.17) is 5.11 Å². The second-order valence-corrected chi connectivity index (χ2v) is 4.29.